The number of hydrogen-bond donors (Lipinski definition) is 2. The third-order valence-corrected chi connectivity index (χ3v) is 3.05. The van der Waals surface area contributed by atoms with E-state index in [4.69, 9.17) is 5.73 Å². The van der Waals surface area contributed by atoms with Gasteiger partial charge in [0.05, 0.1) is 6.10 Å². The van der Waals surface area contributed by atoms with E-state index in [0.717, 1.165) is 16.3 Å². The highest BCUT2D eigenvalue weighted by molar-refractivity contribution is 5.85. The molecule has 2 atom stereocenters. The molecule has 0 radical (unpaired) electrons. The molecule has 84 valence electrons. The fourth-order valence-electron chi connectivity index (χ4n) is 1.94. The smallest absolute Gasteiger partial charge is 0.0833 e. The molecule has 16 heavy (non-hydrogen) atoms. The van der Waals surface area contributed by atoms with Crippen molar-refractivity contribution in [3.05, 3.63) is 48.0 Å². The molecular formula is C14H17NO. The summed E-state index contributed by atoms with van der Waals surface area (Å²) in [7, 11) is 0. The monoisotopic (exact) mass is 215 g/mol. The van der Waals surface area contributed by atoms with E-state index >= 15 is 0 Å². The van der Waals surface area contributed by atoms with Crippen molar-refractivity contribution in [2.24, 2.45) is 11.7 Å². The van der Waals surface area contributed by atoms with Gasteiger partial charge in [-0.3, -0.25) is 0 Å². The lowest BCUT2D eigenvalue weighted by Crippen LogP contribution is -2.19. The first kappa shape index (κ1) is 11.1. The van der Waals surface area contributed by atoms with Crippen LogP contribution in [0.5, 0.6) is 0 Å². The van der Waals surface area contributed by atoms with Gasteiger partial charge in [0, 0.05) is 0 Å². The molecule has 3 N–H and O–H groups in total. The summed E-state index contributed by atoms with van der Waals surface area (Å²) in [4.78, 5) is 0. The normalized spacial score (nSPS) is 14.9. The SMILES string of the molecule is CC(CN)C(O)c1cccc2ccccc12. The minimum atomic E-state index is -0.490. The second-order valence-corrected chi connectivity index (χ2v) is 4.23. The van der Waals surface area contributed by atoms with Crippen LogP contribution in [-0.4, -0.2) is 11.7 Å². The molecule has 2 heteroatoms. The van der Waals surface area contributed by atoms with E-state index < -0.39 is 6.10 Å². The summed E-state index contributed by atoms with van der Waals surface area (Å²) < 4.78 is 0. The van der Waals surface area contributed by atoms with Crippen molar-refractivity contribution in [3.8, 4) is 0 Å². The van der Waals surface area contributed by atoms with Gasteiger partial charge in [0.25, 0.3) is 0 Å². The highest BCUT2D eigenvalue weighted by atomic mass is 16.3. The van der Waals surface area contributed by atoms with E-state index in [2.05, 4.69) is 12.1 Å². The topological polar surface area (TPSA) is 46.2 Å². The predicted molar refractivity (Wildman–Crippen MR) is 67.1 cm³/mol. The Hall–Kier alpha value is -1.38. The molecule has 0 aliphatic carbocycles. The summed E-state index contributed by atoms with van der Waals surface area (Å²) in [5.41, 5.74) is 6.56. The molecule has 2 aromatic carbocycles. The van der Waals surface area contributed by atoms with Gasteiger partial charge in [-0.15, -0.1) is 0 Å². The lowest BCUT2D eigenvalue weighted by molar-refractivity contribution is 0.123. The predicted octanol–water partition coefficient (Wildman–Crippen LogP) is 2.47. The van der Waals surface area contributed by atoms with Crippen molar-refractivity contribution in [3.63, 3.8) is 0 Å². The zero-order chi connectivity index (χ0) is 11.5. The fourth-order valence-corrected chi connectivity index (χ4v) is 1.94. The van der Waals surface area contributed by atoms with Crippen molar-refractivity contribution in [1.82, 2.24) is 0 Å². The molecule has 0 amide bonds. The number of aliphatic hydroxyl groups is 1. The molecule has 0 bridgehead atoms. The Morgan fingerprint density at radius 1 is 1.12 bits per heavy atom. The molecule has 2 nitrogen and oxygen atoms in total. The molecule has 2 rings (SSSR count). The van der Waals surface area contributed by atoms with E-state index in [1.54, 1.807) is 0 Å². The largest absolute Gasteiger partial charge is 0.388 e. The van der Waals surface area contributed by atoms with Crippen LogP contribution >= 0.6 is 0 Å². The molecule has 0 spiro atoms. The second kappa shape index (κ2) is 4.64. The van der Waals surface area contributed by atoms with Crippen molar-refractivity contribution < 1.29 is 5.11 Å². The summed E-state index contributed by atoms with van der Waals surface area (Å²) in [5, 5.41) is 12.5. The minimum absolute atomic E-state index is 0.0748. The average Bonchev–Trinajstić information content (AvgIpc) is 2.36. The molecule has 0 aromatic heterocycles. The van der Waals surface area contributed by atoms with E-state index in [9.17, 15) is 5.11 Å². The zero-order valence-electron chi connectivity index (χ0n) is 9.43. The number of nitrogens with two attached hydrogens (primary N) is 1. The van der Waals surface area contributed by atoms with Crippen molar-refractivity contribution in [2.75, 3.05) is 6.54 Å². The molecule has 2 aromatic rings. The third-order valence-electron chi connectivity index (χ3n) is 3.05. The average molecular weight is 215 g/mol. The number of hydrogen-bond acceptors (Lipinski definition) is 2. The molecule has 0 saturated heterocycles. The minimum Gasteiger partial charge on any atom is -0.388 e. The maximum atomic E-state index is 10.2. The molecule has 0 fully saturated rings. The first-order valence-corrected chi connectivity index (χ1v) is 5.60. The van der Waals surface area contributed by atoms with Gasteiger partial charge in [-0.25, -0.2) is 0 Å². The number of benzene rings is 2. The lowest BCUT2D eigenvalue weighted by atomic mass is 9.93. The van der Waals surface area contributed by atoms with Crippen LogP contribution in [-0.2, 0) is 0 Å². The van der Waals surface area contributed by atoms with Crippen molar-refractivity contribution in [1.29, 1.82) is 0 Å². The molecule has 0 heterocycles. The van der Waals surface area contributed by atoms with Crippen LogP contribution < -0.4 is 5.73 Å². The highest BCUT2D eigenvalue weighted by Gasteiger charge is 2.16. The van der Waals surface area contributed by atoms with Crippen LogP contribution in [0.1, 0.15) is 18.6 Å². The van der Waals surface area contributed by atoms with Gasteiger partial charge < -0.3 is 10.8 Å². The van der Waals surface area contributed by atoms with Gasteiger partial charge in [0.15, 0.2) is 0 Å². The van der Waals surface area contributed by atoms with E-state index in [1.807, 2.05) is 37.3 Å². The lowest BCUT2D eigenvalue weighted by Gasteiger charge is -2.19. The Labute approximate surface area is 95.7 Å². The van der Waals surface area contributed by atoms with Gasteiger partial charge in [-0.1, -0.05) is 49.4 Å². The van der Waals surface area contributed by atoms with Crippen LogP contribution in [0.25, 0.3) is 10.8 Å². The molecule has 0 aliphatic rings. The first-order valence-electron chi connectivity index (χ1n) is 5.60. The first-order chi connectivity index (χ1) is 7.74. The quantitative estimate of drug-likeness (QED) is 0.826. The van der Waals surface area contributed by atoms with Gasteiger partial charge in [-0.2, -0.15) is 0 Å². The van der Waals surface area contributed by atoms with E-state index in [1.165, 1.54) is 0 Å². The van der Waals surface area contributed by atoms with Crippen LogP contribution in [0, 0.1) is 5.92 Å². The van der Waals surface area contributed by atoms with Gasteiger partial charge >= 0.3 is 0 Å². The summed E-state index contributed by atoms with van der Waals surface area (Å²) in [6.45, 7) is 2.46. The Morgan fingerprint density at radius 3 is 2.56 bits per heavy atom. The summed E-state index contributed by atoms with van der Waals surface area (Å²) in [6.07, 6.45) is -0.490. The van der Waals surface area contributed by atoms with Crippen molar-refractivity contribution in [2.45, 2.75) is 13.0 Å². The maximum absolute atomic E-state index is 10.2. The molecule has 0 saturated carbocycles. The van der Waals surface area contributed by atoms with E-state index in [0.29, 0.717) is 6.54 Å². The number of rotatable bonds is 3. The van der Waals surface area contributed by atoms with Crippen LogP contribution in [0.15, 0.2) is 42.5 Å². The highest BCUT2D eigenvalue weighted by Crippen LogP contribution is 2.28. The third kappa shape index (κ3) is 1.94. The second-order valence-electron chi connectivity index (χ2n) is 4.23. The van der Waals surface area contributed by atoms with Crippen molar-refractivity contribution >= 4 is 10.8 Å². The Balaban J connectivity index is 2.52. The van der Waals surface area contributed by atoms with Gasteiger partial charge in [-0.05, 0) is 28.8 Å². The molecule has 2 unspecified atom stereocenters. The summed E-state index contributed by atoms with van der Waals surface area (Å²) >= 11 is 0. The summed E-state index contributed by atoms with van der Waals surface area (Å²) in [6, 6.07) is 14.1. The Morgan fingerprint density at radius 2 is 1.81 bits per heavy atom. The van der Waals surface area contributed by atoms with E-state index in [-0.39, 0.29) is 5.92 Å². The fraction of sp³-hybridized carbons (Fsp3) is 0.286. The number of fused-ring (bicyclic) bond motifs is 1. The maximum Gasteiger partial charge on any atom is 0.0833 e. The Bertz CT molecular complexity index is 476. The van der Waals surface area contributed by atoms with Gasteiger partial charge in [0.2, 0.25) is 0 Å². The van der Waals surface area contributed by atoms with Crippen LogP contribution in [0.3, 0.4) is 0 Å². The Kier molecular flexibility index (Phi) is 3.22. The van der Waals surface area contributed by atoms with Crippen LogP contribution in [0.2, 0.25) is 0 Å². The number of aliphatic hydroxyl groups excluding tert-OH is 1. The standard InChI is InChI=1S/C14H17NO/c1-10(9-15)14(16)13-8-4-6-11-5-2-3-7-12(11)13/h2-8,10,14,16H,9,15H2,1H3. The molecular weight excluding hydrogens is 198 g/mol. The zero-order valence-corrected chi connectivity index (χ0v) is 9.43. The molecule has 0 aliphatic heterocycles. The summed E-state index contributed by atoms with van der Waals surface area (Å²) in [5.74, 6) is 0.0748. The van der Waals surface area contributed by atoms with Gasteiger partial charge in [0.1, 0.15) is 0 Å². The van der Waals surface area contributed by atoms with Crippen LogP contribution in [0.4, 0.5) is 0 Å².